The zero-order valence-electron chi connectivity index (χ0n) is 5.49. The Kier molecular flexibility index (Phi) is 5.54. The maximum Gasteiger partial charge on any atom is 0.366 e. The van der Waals surface area contributed by atoms with Crippen molar-refractivity contribution in [2.24, 2.45) is 0 Å². The Labute approximate surface area is 114 Å². The van der Waals surface area contributed by atoms with E-state index in [0.717, 1.165) is 0 Å². The Morgan fingerprint density at radius 1 is 1.00 bits per heavy atom. The van der Waals surface area contributed by atoms with Crippen molar-refractivity contribution in [2.75, 3.05) is 0 Å². The summed E-state index contributed by atoms with van der Waals surface area (Å²) in [4.78, 5) is 21.8. The second kappa shape index (κ2) is 4.99. The van der Waals surface area contributed by atoms with E-state index in [0.29, 0.717) is 0 Å². The molecule has 0 saturated heterocycles. The summed E-state index contributed by atoms with van der Waals surface area (Å²) in [5, 5.41) is 0. The number of ether oxygens (including phenoxy) is 1. The Hall–Kier alpha value is 1.45. The molecule has 0 aromatic carbocycles. The first kappa shape index (κ1) is 14.5. The molecule has 0 unspecified atom stereocenters. The molecular weight excluding hydrogens is 442 g/mol. The molecule has 0 amide bonds. The number of carbonyl (C=O) groups is 2. The van der Waals surface area contributed by atoms with Gasteiger partial charge in [0.25, 0.3) is 3.79 Å². The van der Waals surface area contributed by atoms with E-state index >= 15 is 0 Å². The first-order chi connectivity index (χ1) is 5.55. The van der Waals surface area contributed by atoms with Crippen LogP contribution in [-0.4, -0.2) is 17.9 Å². The van der Waals surface area contributed by atoms with Crippen LogP contribution in [0.15, 0.2) is 0 Å². The second-order valence-electron chi connectivity index (χ2n) is 1.67. The molecule has 9 heteroatoms. The molecule has 0 heterocycles. The molecule has 0 aromatic rings. The lowest BCUT2D eigenvalue weighted by Gasteiger charge is -2.13. The maximum absolute atomic E-state index is 11.0. The summed E-state index contributed by atoms with van der Waals surface area (Å²) in [7, 11) is 0. The number of rotatable bonds is 0. The summed E-state index contributed by atoms with van der Waals surface area (Å²) >= 11 is 23.9. The highest BCUT2D eigenvalue weighted by atomic mass is 80.0. The lowest BCUT2D eigenvalue weighted by atomic mass is 10.7. The van der Waals surface area contributed by atoms with E-state index in [4.69, 9.17) is 34.8 Å². The first-order valence-electron chi connectivity index (χ1n) is 2.45. The van der Waals surface area contributed by atoms with Crippen molar-refractivity contribution in [3.05, 3.63) is 0 Å². The molecular formula is C4Br3Cl3O3. The minimum absolute atomic E-state index is 0.983. The molecule has 0 aliphatic carbocycles. The van der Waals surface area contributed by atoms with Crippen molar-refractivity contribution in [3.8, 4) is 0 Å². The molecule has 0 fully saturated rings. The summed E-state index contributed by atoms with van der Waals surface area (Å²) in [6, 6.07) is 0. The fourth-order valence-corrected chi connectivity index (χ4v) is 0.558. The van der Waals surface area contributed by atoms with Crippen LogP contribution in [0.25, 0.3) is 0 Å². The predicted molar refractivity (Wildman–Crippen MR) is 60.9 cm³/mol. The van der Waals surface area contributed by atoms with Crippen molar-refractivity contribution in [1.82, 2.24) is 0 Å². The van der Waals surface area contributed by atoms with Crippen LogP contribution >= 0.6 is 82.6 Å². The molecule has 76 valence electrons. The van der Waals surface area contributed by atoms with Crippen LogP contribution in [0.4, 0.5) is 0 Å². The van der Waals surface area contributed by atoms with Gasteiger partial charge in [0.1, 0.15) is 0 Å². The molecule has 0 aromatic heterocycles. The van der Waals surface area contributed by atoms with E-state index in [1.165, 1.54) is 0 Å². The molecule has 0 rings (SSSR count). The standard InChI is InChI=1S/C4Br3Cl3O3/c5-3(6,7)1(11)13-2(12)4(8,9)10. The number of hydrogen-bond acceptors (Lipinski definition) is 3. The molecule has 0 radical (unpaired) electrons. The summed E-state index contributed by atoms with van der Waals surface area (Å²) in [5.41, 5.74) is 0. The highest BCUT2D eigenvalue weighted by molar-refractivity contribution is 9.40. The third-order valence-corrected chi connectivity index (χ3v) is 2.08. The molecule has 0 aliphatic rings. The third-order valence-electron chi connectivity index (χ3n) is 0.648. The largest absolute Gasteiger partial charge is 0.388 e. The molecule has 0 atom stereocenters. The van der Waals surface area contributed by atoms with Gasteiger partial charge in [0.05, 0.1) is 0 Å². The van der Waals surface area contributed by atoms with Crippen molar-refractivity contribution >= 4 is 94.5 Å². The fourth-order valence-electron chi connectivity index (χ4n) is 0.200. The van der Waals surface area contributed by atoms with Gasteiger partial charge in [0, 0.05) is 0 Å². The van der Waals surface area contributed by atoms with E-state index in [2.05, 4.69) is 52.5 Å². The zero-order valence-corrected chi connectivity index (χ0v) is 12.5. The van der Waals surface area contributed by atoms with Crippen LogP contribution < -0.4 is 0 Å². The monoisotopic (exact) mass is 438 g/mol. The molecule has 0 N–H and O–H groups in total. The van der Waals surface area contributed by atoms with Gasteiger partial charge in [-0.15, -0.1) is 0 Å². The second-order valence-corrected chi connectivity index (χ2v) is 10.7. The average molecular weight is 442 g/mol. The topological polar surface area (TPSA) is 43.4 Å². The third kappa shape index (κ3) is 5.79. The minimum Gasteiger partial charge on any atom is -0.388 e. The number of hydrogen-bond donors (Lipinski definition) is 0. The van der Waals surface area contributed by atoms with E-state index in [1.807, 2.05) is 0 Å². The summed E-state index contributed by atoms with van der Waals surface area (Å²) in [6.45, 7) is 0. The van der Waals surface area contributed by atoms with Crippen LogP contribution in [0.2, 0.25) is 0 Å². The van der Waals surface area contributed by atoms with E-state index in [9.17, 15) is 9.59 Å². The van der Waals surface area contributed by atoms with Crippen molar-refractivity contribution in [3.63, 3.8) is 0 Å². The molecule has 0 saturated carbocycles. The van der Waals surface area contributed by atoms with E-state index < -0.39 is 17.9 Å². The Balaban J connectivity index is 4.34. The number of alkyl halides is 6. The van der Waals surface area contributed by atoms with Crippen LogP contribution in [0, 0.1) is 0 Å². The SMILES string of the molecule is O=C(OC(=O)C(Br)(Br)Br)C(Cl)(Cl)Cl. The van der Waals surface area contributed by atoms with Gasteiger partial charge in [-0.25, -0.2) is 9.59 Å². The lowest BCUT2D eigenvalue weighted by molar-refractivity contribution is -0.157. The van der Waals surface area contributed by atoms with Gasteiger partial charge in [-0.05, 0) is 47.8 Å². The van der Waals surface area contributed by atoms with E-state index in [1.54, 1.807) is 0 Å². The molecule has 3 nitrogen and oxygen atoms in total. The van der Waals surface area contributed by atoms with Crippen LogP contribution in [0.3, 0.4) is 0 Å². The average Bonchev–Trinajstić information content (AvgIpc) is 1.82. The van der Waals surface area contributed by atoms with Crippen LogP contribution in [-0.2, 0) is 14.3 Å². The highest BCUT2D eigenvalue weighted by Gasteiger charge is 2.39. The normalized spacial score (nSPS) is 12.5. The smallest absolute Gasteiger partial charge is 0.366 e. The summed E-state index contributed by atoms with van der Waals surface area (Å²) in [5.74, 6) is -2.26. The minimum atomic E-state index is -2.27. The van der Waals surface area contributed by atoms with Gasteiger partial charge >= 0.3 is 11.9 Å². The Bertz CT molecular complexity index is 207. The first-order valence-corrected chi connectivity index (χ1v) is 5.96. The Morgan fingerprint density at radius 2 is 1.38 bits per heavy atom. The number of halogens is 6. The summed E-state index contributed by atoms with van der Waals surface area (Å²) in [6.07, 6.45) is 0. The number of esters is 2. The van der Waals surface area contributed by atoms with Gasteiger partial charge in [-0.3, -0.25) is 0 Å². The van der Waals surface area contributed by atoms with Gasteiger partial charge < -0.3 is 4.74 Å². The fraction of sp³-hybridized carbons (Fsp3) is 0.500. The quantitative estimate of drug-likeness (QED) is 0.329. The number of carbonyl (C=O) groups excluding carboxylic acids is 2. The van der Waals surface area contributed by atoms with E-state index in [-0.39, 0.29) is 0 Å². The molecule has 0 spiro atoms. The molecule has 0 aliphatic heterocycles. The Morgan fingerprint density at radius 3 is 1.62 bits per heavy atom. The van der Waals surface area contributed by atoms with Gasteiger partial charge in [0.15, 0.2) is 0 Å². The van der Waals surface area contributed by atoms with Crippen molar-refractivity contribution in [1.29, 1.82) is 0 Å². The van der Waals surface area contributed by atoms with Gasteiger partial charge in [0.2, 0.25) is 2.14 Å². The van der Waals surface area contributed by atoms with Crippen LogP contribution in [0.1, 0.15) is 0 Å². The van der Waals surface area contributed by atoms with Crippen LogP contribution in [0.5, 0.6) is 0 Å². The molecule has 0 bridgehead atoms. The maximum atomic E-state index is 11.0. The zero-order chi connectivity index (χ0) is 10.9. The lowest BCUT2D eigenvalue weighted by Crippen LogP contribution is -2.30. The van der Waals surface area contributed by atoms with Crippen molar-refractivity contribution in [2.45, 2.75) is 5.94 Å². The molecule has 13 heavy (non-hydrogen) atoms. The predicted octanol–water partition coefficient (Wildman–Crippen LogP) is 3.26. The van der Waals surface area contributed by atoms with Gasteiger partial charge in [-0.2, -0.15) is 0 Å². The van der Waals surface area contributed by atoms with Crippen molar-refractivity contribution < 1.29 is 14.3 Å². The van der Waals surface area contributed by atoms with Gasteiger partial charge in [-0.1, -0.05) is 34.8 Å². The highest BCUT2D eigenvalue weighted by Crippen LogP contribution is 2.36. The summed E-state index contributed by atoms with van der Waals surface area (Å²) < 4.78 is 0.532.